The smallest absolute Gasteiger partial charge is 0.137 e. The summed E-state index contributed by atoms with van der Waals surface area (Å²) in [5.41, 5.74) is 2.91. The van der Waals surface area contributed by atoms with Crippen LogP contribution in [0.4, 0.5) is 0 Å². The van der Waals surface area contributed by atoms with E-state index < -0.39 is 0 Å². The summed E-state index contributed by atoms with van der Waals surface area (Å²) in [4.78, 5) is 11.1. The number of fused-ring (bicyclic) bond motifs is 3. The fraction of sp³-hybridized carbons (Fsp3) is 0.444. The van der Waals surface area contributed by atoms with Gasteiger partial charge in [0, 0.05) is 18.3 Å². The van der Waals surface area contributed by atoms with Crippen LogP contribution < -0.4 is 0 Å². The second-order valence-corrected chi connectivity index (χ2v) is 4.18. The third-order valence-corrected chi connectivity index (χ3v) is 3.75. The van der Waals surface area contributed by atoms with Crippen molar-refractivity contribution >= 4 is 17.1 Å². The van der Waals surface area contributed by atoms with E-state index in [1.165, 1.54) is 11.1 Å². The van der Waals surface area contributed by atoms with Gasteiger partial charge in [0.15, 0.2) is 0 Å². The second-order valence-electron chi connectivity index (χ2n) is 3.44. The van der Waals surface area contributed by atoms with Crippen LogP contribution in [0, 0.1) is 5.92 Å². The normalized spacial score (nSPS) is 32.9. The standard InChI is InChI=1S/C9H8OS/c10-9-2-6-7(9)1-5-3-11-4-8(5)6/h3-4,6-7H,1-2H2. The molecule has 1 fully saturated rings. The van der Waals surface area contributed by atoms with Gasteiger partial charge in [-0.25, -0.2) is 0 Å². The molecule has 0 aromatic carbocycles. The predicted octanol–water partition coefficient (Wildman–Crippen LogP) is 1.98. The number of ketones is 1. The molecule has 0 N–H and O–H groups in total. The molecule has 0 saturated heterocycles. The summed E-state index contributed by atoms with van der Waals surface area (Å²) in [5.74, 6) is 1.48. The van der Waals surface area contributed by atoms with Crippen LogP contribution in [0.25, 0.3) is 0 Å². The van der Waals surface area contributed by atoms with Crippen molar-refractivity contribution < 1.29 is 4.79 Å². The van der Waals surface area contributed by atoms with Crippen molar-refractivity contribution in [2.45, 2.75) is 18.8 Å². The third-order valence-electron chi connectivity index (χ3n) is 2.94. The molecule has 0 radical (unpaired) electrons. The maximum Gasteiger partial charge on any atom is 0.137 e. The number of rotatable bonds is 0. The first-order valence-electron chi connectivity index (χ1n) is 3.94. The Balaban J connectivity index is 2.09. The summed E-state index contributed by atoms with van der Waals surface area (Å²) >= 11 is 1.77. The van der Waals surface area contributed by atoms with Gasteiger partial charge in [-0.15, -0.1) is 0 Å². The molecule has 2 aliphatic rings. The summed E-state index contributed by atoms with van der Waals surface area (Å²) in [6.07, 6.45) is 1.84. The Morgan fingerprint density at radius 1 is 1.27 bits per heavy atom. The minimum Gasteiger partial charge on any atom is -0.299 e. The van der Waals surface area contributed by atoms with Gasteiger partial charge in [-0.3, -0.25) is 4.79 Å². The number of hydrogen-bond acceptors (Lipinski definition) is 2. The second kappa shape index (κ2) is 1.75. The number of Topliss-reactive ketones (excluding diaryl/α,β-unsaturated/α-hetero) is 1. The van der Waals surface area contributed by atoms with Crippen molar-refractivity contribution in [2.24, 2.45) is 5.92 Å². The van der Waals surface area contributed by atoms with E-state index in [2.05, 4.69) is 10.8 Å². The van der Waals surface area contributed by atoms with Crippen molar-refractivity contribution in [3.05, 3.63) is 21.9 Å². The SMILES string of the molecule is O=C1CC2c3cscc3CC12. The van der Waals surface area contributed by atoms with Crippen LogP contribution in [0.5, 0.6) is 0 Å². The molecule has 56 valence electrons. The van der Waals surface area contributed by atoms with E-state index in [1.807, 2.05) is 0 Å². The van der Waals surface area contributed by atoms with Gasteiger partial charge < -0.3 is 0 Å². The molecule has 2 unspecified atom stereocenters. The Hall–Kier alpha value is -0.630. The van der Waals surface area contributed by atoms with Gasteiger partial charge in [0.2, 0.25) is 0 Å². The monoisotopic (exact) mass is 164 g/mol. The summed E-state index contributed by atoms with van der Waals surface area (Å²) in [5, 5.41) is 4.41. The average molecular weight is 164 g/mol. The largest absolute Gasteiger partial charge is 0.299 e. The molecule has 11 heavy (non-hydrogen) atoms. The Labute approximate surface area is 69.0 Å². The number of thiophene rings is 1. The van der Waals surface area contributed by atoms with Gasteiger partial charge in [-0.05, 0) is 28.3 Å². The van der Waals surface area contributed by atoms with Crippen molar-refractivity contribution in [3.8, 4) is 0 Å². The molecular formula is C9H8OS. The lowest BCUT2D eigenvalue weighted by Gasteiger charge is -2.28. The van der Waals surface area contributed by atoms with Crippen molar-refractivity contribution in [3.63, 3.8) is 0 Å². The molecule has 0 bridgehead atoms. The summed E-state index contributed by atoms with van der Waals surface area (Å²) in [6, 6.07) is 0. The number of carbonyl (C=O) groups is 1. The van der Waals surface area contributed by atoms with E-state index in [4.69, 9.17) is 0 Å². The van der Waals surface area contributed by atoms with Gasteiger partial charge in [-0.1, -0.05) is 0 Å². The highest BCUT2D eigenvalue weighted by atomic mass is 32.1. The van der Waals surface area contributed by atoms with E-state index in [1.54, 1.807) is 11.3 Å². The molecule has 1 heterocycles. The molecule has 1 saturated carbocycles. The summed E-state index contributed by atoms with van der Waals surface area (Å²) in [7, 11) is 0. The fourth-order valence-electron chi connectivity index (χ4n) is 2.22. The lowest BCUT2D eigenvalue weighted by Crippen LogP contribution is -2.31. The zero-order chi connectivity index (χ0) is 7.42. The van der Waals surface area contributed by atoms with Gasteiger partial charge in [0.05, 0.1) is 0 Å². The first-order chi connectivity index (χ1) is 5.36. The molecule has 1 nitrogen and oxygen atoms in total. The highest BCUT2D eigenvalue weighted by Gasteiger charge is 2.46. The van der Waals surface area contributed by atoms with Crippen LogP contribution in [0.1, 0.15) is 23.5 Å². The van der Waals surface area contributed by atoms with Gasteiger partial charge in [0.1, 0.15) is 5.78 Å². The molecule has 1 aromatic heterocycles. The first kappa shape index (κ1) is 5.95. The topological polar surface area (TPSA) is 17.1 Å². The summed E-state index contributed by atoms with van der Waals surface area (Å²) < 4.78 is 0. The van der Waals surface area contributed by atoms with Gasteiger partial charge >= 0.3 is 0 Å². The molecule has 2 aliphatic carbocycles. The van der Waals surface area contributed by atoms with Gasteiger partial charge in [0.25, 0.3) is 0 Å². The molecule has 2 atom stereocenters. The minimum atomic E-state index is 0.383. The highest BCUT2D eigenvalue weighted by molar-refractivity contribution is 7.08. The summed E-state index contributed by atoms with van der Waals surface area (Å²) in [6.45, 7) is 0. The van der Waals surface area contributed by atoms with Gasteiger partial charge in [-0.2, -0.15) is 11.3 Å². The maximum absolute atomic E-state index is 11.1. The quantitative estimate of drug-likeness (QED) is 0.573. The van der Waals surface area contributed by atoms with Crippen LogP contribution in [-0.2, 0) is 11.2 Å². The third kappa shape index (κ3) is 0.590. The Bertz CT molecular complexity index is 326. The molecule has 0 aliphatic heterocycles. The van der Waals surface area contributed by atoms with E-state index in [0.29, 0.717) is 17.6 Å². The van der Waals surface area contributed by atoms with Crippen LogP contribution in [-0.4, -0.2) is 5.78 Å². The molecule has 3 rings (SSSR count). The van der Waals surface area contributed by atoms with Crippen LogP contribution in [0.15, 0.2) is 10.8 Å². The van der Waals surface area contributed by atoms with E-state index in [0.717, 1.165) is 12.8 Å². The molecular weight excluding hydrogens is 156 g/mol. The van der Waals surface area contributed by atoms with Crippen molar-refractivity contribution in [1.29, 1.82) is 0 Å². The lowest BCUT2D eigenvalue weighted by molar-refractivity contribution is -0.130. The number of hydrogen-bond donors (Lipinski definition) is 0. The zero-order valence-electron chi connectivity index (χ0n) is 6.04. The van der Waals surface area contributed by atoms with Crippen molar-refractivity contribution in [1.82, 2.24) is 0 Å². The Morgan fingerprint density at radius 2 is 2.18 bits per heavy atom. The molecule has 0 spiro atoms. The fourth-order valence-corrected chi connectivity index (χ4v) is 3.16. The first-order valence-corrected chi connectivity index (χ1v) is 4.88. The van der Waals surface area contributed by atoms with Crippen LogP contribution >= 0.6 is 11.3 Å². The van der Waals surface area contributed by atoms with Crippen LogP contribution in [0.3, 0.4) is 0 Å². The molecule has 2 heteroatoms. The minimum absolute atomic E-state index is 0.383. The highest BCUT2D eigenvalue weighted by Crippen LogP contribution is 2.49. The Morgan fingerprint density at radius 3 is 3.00 bits per heavy atom. The van der Waals surface area contributed by atoms with E-state index in [-0.39, 0.29) is 0 Å². The molecule has 1 aromatic rings. The maximum atomic E-state index is 11.1. The van der Waals surface area contributed by atoms with Crippen molar-refractivity contribution in [2.75, 3.05) is 0 Å². The Kier molecular flexibility index (Phi) is 0.946. The van der Waals surface area contributed by atoms with E-state index >= 15 is 0 Å². The average Bonchev–Trinajstić information content (AvgIpc) is 2.49. The predicted molar refractivity (Wildman–Crippen MR) is 43.9 cm³/mol. The molecule has 0 amide bonds. The van der Waals surface area contributed by atoms with E-state index in [9.17, 15) is 4.79 Å². The number of carbonyl (C=O) groups excluding carboxylic acids is 1. The lowest BCUT2D eigenvalue weighted by atomic mass is 9.73. The zero-order valence-corrected chi connectivity index (χ0v) is 6.86. The van der Waals surface area contributed by atoms with Crippen LogP contribution in [0.2, 0.25) is 0 Å².